The second kappa shape index (κ2) is 7.90. The van der Waals surface area contributed by atoms with Gasteiger partial charge in [0.25, 0.3) is 0 Å². The van der Waals surface area contributed by atoms with E-state index < -0.39 is 0 Å². The summed E-state index contributed by atoms with van der Waals surface area (Å²) in [6.07, 6.45) is 5.59. The van der Waals surface area contributed by atoms with Crippen molar-refractivity contribution in [3.05, 3.63) is 29.8 Å². The lowest BCUT2D eigenvalue weighted by Crippen LogP contribution is -2.31. The van der Waals surface area contributed by atoms with Gasteiger partial charge in [0.15, 0.2) is 0 Å². The summed E-state index contributed by atoms with van der Waals surface area (Å²) in [6, 6.07) is 7.61. The Morgan fingerprint density at radius 3 is 2.75 bits per heavy atom. The van der Waals surface area contributed by atoms with Gasteiger partial charge >= 0.3 is 0 Å². The van der Waals surface area contributed by atoms with E-state index in [1.54, 1.807) is 0 Å². The molecule has 1 aromatic carbocycles. The first-order chi connectivity index (χ1) is 9.81. The lowest BCUT2D eigenvalue weighted by atomic mass is 9.88. The van der Waals surface area contributed by atoms with Gasteiger partial charge in [0.2, 0.25) is 5.91 Å². The standard InChI is InChI=1S/C16H23NO3/c18-10-11-20-15-9-5-4-8-14(15)12-17-16(19)13-6-2-1-3-7-13/h4-5,8-9,13,18H,1-3,6-7,10-12H2,(H,17,19). The van der Waals surface area contributed by atoms with Crippen LogP contribution >= 0.6 is 0 Å². The Morgan fingerprint density at radius 1 is 1.25 bits per heavy atom. The number of nitrogens with one attached hydrogen (secondary N) is 1. The maximum Gasteiger partial charge on any atom is 0.223 e. The number of benzene rings is 1. The smallest absolute Gasteiger partial charge is 0.223 e. The van der Waals surface area contributed by atoms with Crippen molar-refractivity contribution >= 4 is 5.91 Å². The Kier molecular flexibility index (Phi) is 5.87. The molecule has 0 unspecified atom stereocenters. The fraction of sp³-hybridized carbons (Fsp3) is 0.562. The van der Waals surface area contributed by atoms with Crippen LogP contribution in [0.4, 0.5) is 0 Å². The molecule has 2 N–H and O–H groups in total. The van der Waals surface area contributed by atoms with Crippen LogP contribution in [0, 0.1) is 5.92 Å². The molecule has 110 valence electrons. The number of hydrogen-bond donors (Lipinski definition) is 2. The Labute approximate surface area is 120 Å². The van der Waals surface area contributed by atoms with Gasteiger partial charge in [0.05, 0.1) is 6.61 Å². The number of amides is 1. The molecule has 1 saturated carbocycles. The summed E-state index contributed by atoms with van der Waals surface area (Å²) in [4.78, 5) is 12.1. The average molecular weight is 277 g/mol. The van der Waals surface area contributed by atoms with Gasteiger partial charge in [-0.1, -0.05) is 37.5 Å². The van der Waals surface area contributed by atoms with Crippen molar-refractivity contribution in [2.45, 2.75) is 38.6 Å². The SMILES string of the molecule is O=C(NCc1ccccc1OCCO)C1CCCCC1. The largest absolute Gasteiger partial charge is 0.491 e. The van der Waals surface area contributed by atoms with Crippen molar-refractivity contribution in [1.82, 2.24) is 5.32 Å². The normalized spacial score (nSPS) is 15.8. The monoisotopic (exact) mass is 277 g/mol. The average Bonchev–Trinajstić information content (AvgIpc) is 2.52. The van der Waals surface area contributed by atoms with Crippen molar-refractivity contribution in [2.75, 3.05) is 13.2 Å². The zero-order chi connectivity index (χ0) is 14.2. The van der Waals surface area contributed by atoms with Crippen LogP contribution in [0.3, 0.4) is 0 Å². The highest BCUT2D eigenvalue weighted by atomic mass is 16.5. The van der Waals surface area contributed by atoms with Gasteiger partial charge < -0.3 is 15.2 Å². The maximum absolute atomic E-state index is 12.1. The molecule has 0 aliphatic heterocycles. The molecule has 0 spiro atoms. The molecule has 0 radical (unpaired) electrons. The van der Waals surface area contributed by atoms with Crippen LogP contribution in [0.2, 0.25) is 0 Å². The molecular weight excluding hydrogens is 254 g/mol. The zero-order valence-corrected chi connectivity index (χ0v) is 11.8. The summed E-state index contributed by atoms with van der Waals surface area (Å²) in [5.74, 6) is 1.06. The van der Waals surface area contributed by atoms with E-state index in [0.717, 1.165) is 37.0 Å². The van der Waals surface area contributed by atoms with E-state index in [9.17, 15) is 4.79 Å². The van der Waals surface area contributed by atoms with Crippen LogP contribution in [0.25, 0.3) is 0 Å². The third kappa shape index (κ3) is 4.23. The van der Waals surface area contributed by atoms with E-state index in [4.69, 9.17) is 9.84 Å². The Morgan fingerprint density at radius 2 is 2.00 bits per heavy atom. The molecule has 0 atom stereocenters. The van der Waals surface area contributed by atoms with Crippen molar-refractivity contribution < 1.29 is 14.6 Å². The summed E-state index contributed by atoms with van der Waals surface area (Å²) < 4.78 is 5.46. The van der Waals surface area contributed by atoms with Gasteiger partial charge in [0.1, 0.15) is 12.4 Å². The van der Waals surface area contributed by atoms with E-state index in [1.807, 2.05) is 24.3 Å². The second-order valence-corrected chi connectivity index (χ2v) is 5.23. The molecule has 1 aromatic rings. The van der Waals surface area contributed by atoms with E-state index in [-0.39, 0.29) is 25.0 Å². The van der Waals surface area contributed by atoms with Gasteiger partial charge in [-0.05, 0) is 18.9 Å². The van der Waals surface area contributed by atoms with Gasteiger partial charge in [0, 0.05) is 18.0 Å². The predicted octanol–water partition coefficient (Wildman–Crippen LogP) is 2.25. The van der Waals surface area contributed by atoms with E-state index >= 15 is 0 Å². The molecule has 0 aromatic heterocycles. The van der Waals surface area contributed by atoms with E-state index in [0.29, 0.717) is 6.54 Å². The summed E-state index contributed by atoms with van der Waals surface area (Å²) in [6.45, 7) is 0.743. The van der Waals surface area contributed by atoms with Crippen LogP contribution in [-0.2, 0) is 11.3 Å². The molecule has 20 heavy (non-hydrogen) atoms. The summed E-state index contributed by atoms with van der Waals surface area (Å²) in [7, 11) is 0. The third-order valence-electron chi connectivity index (χ3n) is 3.75. The predicted molar refractivity (Wildman–Crippen MR) is 77.4 cm³/mol. The first-order valence-corrected chi connectivity index (χ1v) is 7.40. The van der Waals surface area contributed by atoms with Gasteiger partial charge in [-0.2, -0.15) is 0 Å². The number of carbonyl (C=O) groups excluding carboxylic acids is 1. The first kappa shape index (κ1) is 14.9. The molecule has 1 aliphatic carbocycles. The van der Waals surface area contributed by atoms with Gasteiger partial charge in [-0.15, -0.1) is 0 Å². The third-order valence-corrected chi connectivity index (χ3v) is 3.75. The summed E-state index contributed by atoms with van der Waals surface area (Å²) in [5, 5.41) is 11.8. The molecular formula is C16H23NO3. The number of rotatable bonds is 6. The Bertz CT molecular complexity index is 427. The fourth-order valence-electron chi connectivity index (χ4n) is 2.64. The molecule has 1 amide bonds. The van der Waals surface area contributed by atoms with Crippen molar-refractivity contribution in [3.8, 4) is 5.75 Å². The molecule has 4 heteroatoms. The maximum atomic E-state index is 12.1. The van der Waals surface area contributed by atoms with E-state index in [1.165, 1.54) is 6.42 Å². The summed E-state index contributed by atoms with van der Waals surface area (Å²) >= 11 is 0. The van der Waals surface area contributed by atoms with Crippen molar-refractivity contribution in [2.24, 2.45) is 5.92 Å². The lowest BCUT2D eigenvalue weighted by Gasteiger charge is -2.21. The van der Waals surface area contributed by atoms with Crippen LogP contribution in [0.5, 0.6) is 5.75 Å². The molecule has 1 aliphatic rings. The van der Waals surface area contributed by atoms with Crippen molar-refractivity contribution in [3.63, 3.8) is 0 Å². The highest BCUT2D eigenvalue weighted by molar-refractivity contribution is 5.78. The minimum Gasteiger partial charge on any atom is -0.491 e. The van der Waals surface area contributed by atoms with E-state index in [2.05, 4.69) is 5.32 Å². The van der Waals surface area contributed by atoms with Gasteiger partial charge in [-0.25, -0.2) is 0 Å². The number of aliphatic hydroxyl groups excluding tert-OH is 1. The molecule has 0 heterocycles. The van der Waals surface area contributed by atoms with Crippen LogP contribution in [0.1, 0.15) is 37.7 Å². The number of aliphatic hydroxyl groups is 1. The van der Waals surface area contributed by atoms with Gasteiger partial charge in [-0.3, -0.25) is 4.79 Å². The van der Waals surface area contributed by atoms with Crippen LogP contribution < -0.4 is 10.1 Å². The molecule has 1 fully saturated rings. The summed E-state index contributed by atoms with van der Waals surface area (Å²) in [5.41, 5.74) is 0.949. The Hall–Kier alpha value is -1.55. The topological polar surface area (TPSA) is 58.6 Å². The second-order valence-electron chi connectivity index (χ2n) is 5.23. The molecule has 2 rings (SSSR count). The molecule has 0 saturated heterocycles. The number of para-hydroxylation sites is 1. The Balaban J connectivity index is 1.87. The minimum absolute atomic E-state index is 0.0111. The fourth-order valence-corrected chi connectivity index (χ4v) is 2.64. The highest BCUT2D eigenvalue weighted by Gasteiger charge is 2.20. The van der Waals surface area contributed by atoms with Crippen molar-refractivity contribution in [1.29, 1.82) is 0 Å². The number of carbonyl (C=O) groups is 1. The van der Waals surface area contributed by atoms with Crippen LogP contribution in [0.15, 0.2) is 24.3 Å². The zero-order valence-electron chi connectivity index (χ0n) is 11.8. The first-order valence-electron chi connectivity index (χ1n) is 7.40. The quantitative estimate of drug-likeness (QED) is 0.838. The van der Waals surface area contributed by atoms with Crippen LogP contribution in [-0.4, -0.2) is 24.2 Å². The number of ether oxygens (including phenoxy) is 1. The number of hydrogen-bond acceptors (Lipinski definition) is 3. The minimum atomic E-state index is -0.0111. The highest BCUT2D eigenvalue weighted by Crippen LogP contribution is 2.24. The molecule has 4 nitrogen and oxygen atoms in total. The lowest BCUT2D eigenvalue weighted by molar-refractivity contribution is -0.126. The molecule has 0 bridgehead atoms.